The maximum atomic E-state index is 12.5. The number of carbonyl (C=O) groups is 7. The molecule has 5 N–H and O–H groups in total. The van der Waals surface area contributed by atoms with Gasteiger partial charge in [-0.25, -0.2) is 34.5 Å². The van der Waals surface area contributed by atoms with E-state index in [2.05, 4.69) is 68.2 Å². The van der Waals surface area contributed by atoms with Crippen molar-refractivity contribution in [3.05, 3.63) is 139 Å². The average molecular weight is 1160 g/mol. The molecule has 19 nitrogen and oxygen atoms in total. The fraction of sp³-hybridized carbons (Fsp3) is 0.345. The summed E-state index contributed by atoms with van der Waals surface area (Å²) in [4.78, 5) is 103. The quantitative estimate of drug-likeness (QED) is 0.0550. The summed E-state index contributed by atoms with van der Waals surface area (Å²) in [5.41, 5.74) is 7.33. The van der Waals surface area contributed by atoms with E-state index in [-0.39, 0.29) is 35.5 Å². The summed E-state index contributed by atoms with van der Waals surface area (Å²) in [5.74, 6) is 1.23. The highest BCUT2D eigenvalue weighted by Gasteiger charge is 2.20. The molecule has 21 heteroatoms. The van der Waals surface area contributed by atoms with E-state index >= 15 is 0 Å². The Morgan fingerprint density at radius 2 is 1.06 bits per heavy atom. The largest absolute Gasteiger partial charge is 0.478 e. The number of thiazole rings is 1. The highest BCUT2D eigenvalue weighted by molar-refractivity contribution is 9.10. The van der Waals surface area contributed by atoms with Crippen molar-refractivity contribution in [3.63, 3.8) is 0 Å². The Balaban J connectivity index is 0.000000158. The molecule has 5 amide bonds. The van der Waals surface area contributed by atoms with Crippen LogP contribution < -0.4 is 21.3 Å². The van der Waals surface area contributed by atoms with Crippen LogP contribution in [0.25, 0.3) is 18.2 Å². The van der Waals surface area contributed by atoms with Crippen LogP contribution in [-0.2, 0) is 70.4 Å². The Morgan fingerprint density at radius 1 is 0.620 bits per heavy atom. The number of halogens is 1. The van der Waals surface area contributed by atoms with Gasteiger partial charge in [0.1, 0.15) is 28.9 Å². The molecule has 0 saturated carbocycles. The van der Waals surface area contributed by atoms with Crippen LogP contribution in [0, 0.1) is 0 Å². The van der Waals surface area contributed by atoms with Gasteiger partial charge in [-0.2, -0.15) is 0 Å². The predicted molar refractivity (Wildman–Crippen MR) is 307 cm³/mol. The molecule has 0 unspecified atom stereocenters. The molecule has 412 valence electrons. The lowest BCUT2D eigenvalue weighted by Crippen LogP contribution is -2.33. The molecule has 0 radical (unpaired) electrons. The van der Waals surface area contributed by atoms with Crippen molar-refractivity contribution in [2.24, 2.45) is 0 Å². The smallest absolute Gasteiger partial charge is 0.331 e. The molecule has 0 atom stereocenters. The number of aryl methyl sites for hydroxylation is 4. The van der Waals surface area contributed by atoms with E-state index in [4.69, 9.17) is 9.84 Å². The third-order valence-electron chi connectivity index (χ3n) is 12.5. The summed E-state index contributed by atoms with van der Waals surface area (Å²) in [6.45, 7) is 6.84. The van der Waals surface area contributed by atoms with E-state index in [9.17, 15) is 33.6 Å². The molecule has 0 aromatic carbocycles. The van der Waals surface area contributed by atoms with E-state index in [1.165, 1.54) is 17.7 Å². The number of rotatable bonds is 8. The molecule has 5 aliphatic heterocycles. The van der Waals surface area contributed by atoms with Crippen LogP contribution >= 0.6 is 27.3 Å². The molecule has 0 fully saturated rings. The Hall–Kier alpha value is -8.04. The molecule has 79 heavy (non-hydrogen) atoms. The van der Waals surface area contributed by atoms with E-state index in [0.717, 1.165) is 125 Å². The molecule has 0 saturated heterocycles. The van der Waals surface area contributed by atoms with Crippen LogP contribution in [0.2, 0.25) is 0 Å². The lowest BCUT2D eigenvalue weighted by molar-refractivity contribution is -0.148. The second-order valence-electron chi connectivity index (χ2n) is 20.0. The number of carbonyl (C=O) groups excluding carboxylic acids is 6. The summed E-state index contributed by atoms with van der Waals surface area (Å²) in [6.07, 6.45) is 30.1. The summed E-state index contributed by atoms with van der Waals surface area (Å²) in [7, 11) is 0. The van der Waals surface area contributed by atoms with Crippen LogP contribution in [0.1, 0.15) is 123 Å². The summed E-state index contributed by atoms with van der Waals surface area (Å²) >= 11 is 5.02. The van der Waals surface area contributed by atoms with Crippen LogP contribution in [0.5, 0.6) is 0 Å². The SMILES string of the molecule is CC(C)(C)OC(=O)/C=C/c1cnc2c(c1)CCCC(=O)N2.O=C(O)/C=C/c1cnc2c(c1)CCCC(=O)N2.O=C1CCCc2cc(/C=C/C(=O)N3CC=C(Cc4nccs4)CC3)cnc2N1.O=C1CCCc2cc(Br)cnc2N1. The van der Waals surface area contributed by atoms with Gasteiger partial charge in [0, 0.05) is 104 Å². The van der Waals surface area contributed by atoms with Crippen LogP contribution in [0.3, 0.4) is 0 Å². The first kappa shape index (κ1) is 58.6. The summed E-state index contributed by atoms with van der Waals surface area (Å²) in [5, 5.41) is 22.8. The van der Waals surface area contributed by atoms with E-state index < -0.39 is 11.6 Å². The topological polar surface area (TPSA) is 265 Å². The molecule has 10 heterocycles. The third kappa shape index (κ3) is 19.4. The van der Waals surface area contributed by atoms with E-state index in [0.29, 0.717) is 55.5 Å². The lowest BCUT2D eigenvalue weighted by Gasteiger charge is -2.25. The van der Waals surface area contributed by atoms with Gasteiger partial charge < -0.3 is 36.0 Å². The van der Waals surface area contributed by atoms with Gasteiger partial charge in [-0.3, -0.25) is 24.0 Å². The zero-order valence-corrected chi connectivity index (χ0v) is 46.7. The van der Waals surface area contributed by atoms with E-state index in [1.54, 1.807) is 54.4 Å². The van der Waals surface area contributed by atoms with Crippen molar-refractivity contribution in [1.29, 1.82) is 0 Å². The highest BCUT2D eigenvalue weighted by Crippen LogP contribution is 2.26. The predicted octanol–water partition coefficient (Wildman–Crippen LogP) is 9.51. The Kier molecular flexibility index (Phi) is 21.2. The second kappa shape index (κ2) is 28.5. The van der Waals surface area contributed by atoms with Gasteiger partial charge in [0.05, 0.1) is 5.01 Å². The molecule has 5 aromatic rings. The van der Waals surface area contributed by atoms with Gasteiger partial charge in [-0.1, -0.05) is 11.6 Å². The molecule has 0 spiro atoms. The molecular formula is C58H63BrN10O9S. The zero-order valence-electron chi connectivity index (χ0n) is 44.3. The average Bonchev–Trinajstić information content (AvgIpc) is 3.51. The number of carboxylic acid groups (broad SMARTS) is 1. The molecule has 10 rings (SSSR count). The van der Waals surface area contributed by atoms with Gasteiger partial charge in [0.2, 0.25) is 29.5 Å². The van der Waals surface area contributed by atoms with Gasteiger partial charge in [0.25, 0.3) is 0 Å². The molecular weight excluding hydrogens is 1090 g/mol. The van der Waals surface area contributed by atoms with Gasteiger partial charge in [-0.05, 0) is 176 Å². The number of carboxylic acids is 1. The van der Waals surface area contributed by atoms with E-state index in [1.807, 2.05) is 61.5 Å². The number of esters is 1. The normalized spacial score (nSPS) is 16.0. The first-order valence-corrected chi connectivity index (χ1v) is 27.7. The fourth-order valence-corrected chi connectivity index (χ4v) is 9.68. The van der Waals surface area contributed by atoms with Gasteiger partial charge >= 0.3 is 11.9 Å². The van der Waals surface area contributed by atoms with Crippen LogP contribution in [-0.4, -0.2) is 95.1 Å². The number of amides is 5. The number of anilines is 4. The number of fused-ring (bicyclic) bond motifs is 4. The first-order valence-electron chi connectivity index (χ1n) is 26.1. The lowest BCUT2D eigenvalue weighted by atomic mass is 10.0. The first-order chi connectivity index (χ1) is 37.9. The van der Waals surface area contributed by atoms with Gasteiger partial charge in [0.15, 0.2) is 0 Å². The molecule has 0 bridgehead atoms. The number of nitrogens with one attached hydrogen (secondary N) is 4. The number of ether oxygens (including phenoxy) is 1. The van der Waals surface area contributed by atoms with Crippen molar-refractivity contribution in [1.82, 2.24) is 29.8 Å². The highest BCUT2D eigenvalue weighted by atomic mass is 79.9. The Bertz CT molecular complexity index is 3190. The second-order valence-corrected chi connectivity index (χ2v) is 21.9. The number of hydrogen-bond acceptors (Lipinski definition) is 14. The monoisotopic (exact) mass is 1150 g/mol. The van der Waals surface area contributed by atoms with Crippen LogP contribution in [0.15, 0.2) is 95.0 Å². The Labute approximate surface area is 470 Å². The number of nitrogens with zero attached hydrogens (tertiary/aromatic N) is 6. The van der Waals surface area contributed by atoms with Crippen LogP contribution in [0.4, 0.5) is 23.3 Å². The summed E-state index contributed by atoms with van der Waals surface area (Å²) in [6, 6.07) is 7.80. The van der Waals surface area contributed by atoms with Crippen molar-refractivity contribution < 1.29 is 43.4 Å². The maximum absolute atomic E-state index is 12.5. The minimum Gasteiger partial charge on any atom is -0.478 e. The van der Waals surface area contributed by atoms with Crippen molar-refractivity contribution in [2.45, 2.75) is 116 Å². The number of aromatic nitrogens is 5. The Morgan fingerprint density at radius 3 is 1.48 bits per heavy atom. The maximum Gasteiger partial charge on any atom is 0.331 e. The fourth-order valence-electron chi connectivity index (χ4n) is 8.64. The molecule has 0 aliphatic carbocycles. The molecule has 5 aromatic heterocycles. The molecule has 5 aliphatic rings. The standard InChI is InChI=1S/C21H22N4O2S.C16H20N2O3.C12H12N2O3.C9H9BrN2O/c26-18-3-1-2-17-12-16(14-23-21(17)24-18)4-5-20(27)25-9-6-15(7-10-25)13-19-22-8-11-28-19;1-16(2,3)21-14(20)8-7-11-9-12-5-4-6-13(19)18-15(12)17-10-11;15-10-3-1-2-9-6-8(4-5-11(16)17)7-13-12(9)14-10;10-7-4-6-2-1-3-8(13)12-9(6)11-5-7/h4-6,8,11-12,14H,1-3,7,9-10,13H2,(H,23,24,26);7-10H,4-6H2,1-3H3,(H,17,18,19);4-7H,1-3H2,(H,16,17)(H,13,14,15);4-5H,1-3H2,(H,11,12,13)/b5-4+;8-7+;5-4+;. The van der Waals surface area contributed by atoms with Crippen molar-refractivity contribution in [2.75, 3.05) is 34.4 Å². The number of hydrogen-bond donors (Lipinski definition) is 5. The third-order valence-corrected chi connectivity index (χ3v) is 13.7. The minimum absolute atomic E-state index is 0.00158. The van der Waals surface area contributed by atoms with Gasteiger partial charge in [-0.15, -0.1) is 11.3 Å². The minimum atomic E-state index is -0.992. The zero-order chi connectivity index (χ0) is 56.3. The van der Waals surface area contributed by atoms with Crippen molar-refractivity contribution >= 4 is 110 Å². The van der Waals surface area contributed by atoms with Crippen molar-refractivity contribution in [3.8, 4) is 0 Å². The summed E-state index contributed by atoms with van der Waals surface area (Å²) < 4.78 is 6.16. The number of aliphatic carboxylic acids is 1. The number of pyridine rings is 4.